The number of hydrogen-bond acceptors (Lipinski definition) is 3. The van der Waals surface area contributed by atoms with Crippen LogP contribution in [-0.4, -0.2) is 40.6 Å². The zero-order valence-electron chi connectivity index (χ0n) is 16.1. The molecule has 0 radical (unpaired) electrons. The number of halogens is 1. The molecule has 0 fully saturated rings. The van der Waals surface area contributed by atoms with E-state index < -0.39 is 10.0 Å². The van der Waals surface area contributed by atoms with Crippen molar-refractivity contribution in [1.82, 2.24) is 15.4 Å². The molecule has 0 aliphatic carbocycles. The van der Waals surface area contributed by atoms with Gasteiger partial charge in [-0.3, -0.25) is 4.99 Å². The van der Waals surface area contributed by atoms with Crippen molar-refractivity contribution in [3.05, 3.63) is 66.2 Å². The fraction of sp³-hybridized carbons (Fsp3) is 0.350. The number of rotatable bonds is 10. The number of aryl methyl sites for hydroxylation is 1. The molecule has 28 heavy (non-hydrogen) atoms. The second-order valence-corrected chi connectivity index (χ2v) is 7.75. The molecule has 0 aliphatic heterocycles. The molecule has 0 aromatic heterocycles. The van der Waals surface area contributed by atoms with Crippen LogP contribution in [-0.2, 0) is 16.4 Å². The van der Waals surface area contributed by atoms with Crippen LogP contribution in [0, 0.1) is 0 Å². The predicted molar refractivity (Wildman–Crippen MR) is 126 cm³/mol. The monoisotopic (exact) mass is 516 g/mol. The van der Waals surface area contributed by atoms with Gasteiger partial charge in [-0.15, -0.1) is 24.0 Å². The lowest BCUT2D eigenvalue weighted by molar-refractivity contribution is 0.580. The Morgan fingerprint density at radius 2 is 1.57 bits per heavy atom. The van der Waals surface area contributed by atoms with Crippen molar-refractivity contribution in [1.29, 1.82) is 0 Å². The van der Waals surface area contributed by atoms with Gasteiger partial charge in [0.25, 0.3) is 0 Å². The molecule has 0 unspecified atom stereocenters. The van der Waals surface area contributed by atoms with Crippen LogP contribution in [0.1, 0.15) is 18.9 Å². The summed E-state index contributed by atoms with van der Waals surface area (Å²) in [6, 6.07) is 18.7. The Kier molecular flexibility index (Phi) is 11.8. The first-order valence-electron chi connectivity index (χ1n) is 9.22. The van der Waals surface area contributed by atoms with Gasteiger partial charge in [-0.2, -0.15) is 0 Å². The molecule has 0 saturated heterocycles. The van der Waals surface area contributed by atoms with Crippen LogP contribution in [0.4, 0.5) is 0 Å². The maximum atomic E-state index is 12.2. The Morgan fingerprint density at radius 3 is 2.21 bits per heavy atom. The molecule has 0 saturated carbocycles. The van der Waals surface area contributed by atoms with Gasteiger partial charge in [0.2, 0.25) is 10.0 Å². The zero-order valence-corrected chi connectivity index (χ0v) is 19.2. The third-order valence-corrected chi connectivity index (χ3v) is 5.32. The first-order chi connectivity index (χ1) is 13.1. The minimum atomic E-state index is -3.47. The molecular formula is C20H29IN4O2S. The van der Waals surface area contributed by atoms with Gasteiger partial charge in [-0.25, -0.2) is 13.1 Å². The number of sulfonamides is 1. The summed E-state index contributed by atoms with van der Waals surface area (Å²) in [7, 11) is -3.47. The molecule has 0 amide bonds. The summed E-state index contributed by atoms with van der Waals surface area (Å²) in [4.78, 5) is 4.81. The Labute approximate surface area is 185 Å². The van der Waals surface area contributed by atoms with Crippen molar-refractivity contribution < 1.29 is 8.42 Å². The molecule has 0 heterocycles. The second kappa shape index (κ2) is 13.5. The molecule has 154 valence electrons. The Hall–Kier alpha value is -1.65. The van der Waals surface area contributed by atoms with Gasteiger partial charge < -0.3 is 10.6 Å². The summed E-state index contributed by atoms with van der Waals surface area (Å²) in [6.45, 7) is 4.20. The van der Waals surface area contributed by atoms with Crippen molar-refractivity contribution in [2.24, 2.45) is 4.99 Å². The van der Waals surface area contributed by atoms with Gasteiger partial charge in [-0.1, -0.05) is 48.5 Å². The lowest BCUT2D eigenvalue weighted by Gasteiger charge is -2.12. The minimum absolute atomic E-state index is 0. The van der Waals surface area contributed by atoms with Crippen molar-refractivity contribution >= 4 is 40.0 Å². The molecule has 0 bridgehead atoms. The molecule has 6 nitrogen and oxygen atoms in total. The van der Waals surface area contributed by atoms with E-state index in [4.69, 9.17) is 0 Å². The van der Waals surface area contributed by atoms with E-state index in [-0.39, 0.29) is 35.4 Å². The fourth-order valence-electron chi connectivity index (χ4n) is 2.51. The second-order valence-electron chi connectivity index (χ2n) is 5.99. The Bertz CT molecular complexity index is 799. The first-order valence-corrected chi connectivity index (χ1v) is 10.7. The van der Waals surface area contributed by atoms with Gasteiger partial charge in [0.05, 0.1) is 4.90 Å². The van der Waals surface area contributed by atoms with E-state index >= 15 is 0 Å². The molecule has 8 heteroatoms. The van der Waals surface area contributed by atoms with E-state index in [2.05, 4.69) is 32.5 Å². The van der Waals surface area contributed by atoms with E-state index in [0.717, 1.165) is 19.4 Å². The normalized spacial score (nSPS) is 11.5. The van der Waals surface area contributed by atoms with Gasteiger partial charge in [0.15, 0.2) is 5.96 Å². The summed E-state index contributed by atoms with van der Waals surface area (Å²) in [5.41, 5.74) is 1.31. The van der Waals surface area contributed by atoms with Crippen LogP contribution >= 0.6 is 24.0 Å². The molecule has 2 aromatic rings. The molecule has 0 spiro atoms. The van der Waals surface area contributed by atoms with Gasteiger partial charge in [0.1, 0.15) is 0 Å². The SMILES string of the molecule is CCNC(=NCCCc1ccccc1)NCCNS(=O)(=O)c1ccccc1.I. The van der Waals surface area contributed by atoms with Crippen LogP contribution in [0.5, 0.6) is 0 Å². The minimum Gasteiger partial charge on any atom is -0.357 e. The van der Waals surface area contributed by atoms with E-state index in [0.29, 0.717) is 19.0 Å². The summed E-state index contributed by atoms with van der Waals surface area (Å²) in [6.07, 6.45) is 1.95. The third-order valence-electron chi connectivity index (χ3n) is 3.84. The highest BCUT2D eigenvalue weighted by molar-refractivity contribution is 14.0. The van der Waals surface area contributed by atoms with Crippen molar-refractivity contribution in [2.45, 2.75) is 24.7 Å². The number of nitrogens with one attached hydrogen (secondary N) is 3. The number of hydrogen-bond donors (Lipinski definition) is 3. The maximum absolute atomic E-state index is 12.2. The highest BCUT2D eigenvalue weighted by Gasteiger charge is 2.11. The van der Waals surface area contributed by atoms with Gasteiger partial charge in [-0.05, 0) is 37.5 Å². The molecule has 0 atom stereocenters. The highest BCUT2D eigenvalue weighted by atomic mass is 127. The van der Waals surface area contributed by atoms with Crippen molar-refractivity contribution in [3.8, 4) is 0 Å². The third kappa shape index (κ3) is 9.03. The van der Waals surface area contributed by atoms with E-state index in [1.165, 1.54) is 5.56 Å². The van der Waals surface area contributed by atoms with Crippen molar-refractivity contribution in [2.75, 3.05) is 26.2 Å². The van der Waals surface area contributed by atoms with Crippen LogP contribution in [0.2, 0.25) is 0 Å². The highest BCUT2D eigenvalue weighted by Crippen LogP contribution is 2.06. The lowest BCUT2D eigenvalue weighted by Crippen LogP contribution is -2.41. The van der Waals surface area contributed by atoms with Crippen LogP contribution in [0.15, 0.2) is 70.6 Å². The molecule has 0 aliphatic rings. The van der Waals surface area contributed by atoms with Crippen molar-refractivity contribution in [3.63, 3.8) is 0 Å². The lowest BCUT2D eigenvalue weighted by atomic mass is 10.1. The maximum Gasteiger partial charge on any atom is 0.240 e. The zero-order chi connectivity index (χ0) is 19.4. The van der Waals surface area contributed by atoms with E-state index in [9.17, 15) is 8.42 Å². The standard InChI is InChI=1S/C20H28N4O2S.HI/c1-2-21-20(22-15-9-12-18-10-5-3-6-11-18)23-16-17-24-27(25,26)19-13-7-4-8-14-19;/h3-8,10-11,13-14,24H,2,9,12,15-17H2,1H3,(H2,21,22,23);1H. The quantitative estimate of drug-likeness (QED) is 0.196. The number of nitrogens with zero attached hydrogens (tertiary/aromatic N) is 1. The number of guanidine groups is 1. The smallest absolute Gasteiger partial charge is 0.240 e. The topological polar surface area (TPSA) is 82.6 Å². The molecule has 3 N–H and O–H groups in total. The summed E-state index contributed by atoms with van der Waals surface area (Å²) >= 11 is 0. The van der Waals surface area contributed by atoms with Crippen LogP contribution in [0.3, 0.4) is 0 Å². The number of benzene rings is 2. The molecular weight excluding hydrogens is 487 g/mol. The van der Waals surface area contributed by atoms with Crippen LogP contribution in [0.25, 0.3) is 0 Å². The molecule has 2 rings (SSSR count). The fourth-order valence-corrected chi connectivity index (χ4v) is 3.56. The van der Waals surface area contributed by atoms with E-state index in [1.807, 2.05) is 25.1 Å². The van der Waals surface area contributed by atoms with Gasteiger partial charge >= 0.3 is 0 Å². The van der Waals surface area contributed by atoms with Gasteiger partial charge in [0, 0.05) is 26.2 Å². The first kappa shape index (κ1) is 24.4. The predicted octanol–water partition coefficient (Wildman–Crippen LogP) is 2.77. The Morgan fingerprint density at radius 1 is 0.929 bits per heavy atom. The number of aliphatic imine (C=N–C) groups is 1. The largest absolute Gasteiger partial charge is 0.357 e. The van der Waals surface area contributed by atoms with Crippen LogP contribution < -0.4 is 15.4 Å². The Balaban J connectivity index is 0.00000392. The summed E-state index contributed by atoms with van der Waals surface area (Å²) < 4.78 is 26.9. The summed E-state index contributed by atoms with van der Waals surface area (Å²) in [5, 5.41) is 6.33. The van der Waals surface area contributed by atoms with E-state index in [1.54, 1.807) is 30.3 Å². The molecule has 2 aromatic carbocycles. The average Bonchev–Trinajstić information content (AvgIpc) is 2.70. The average molecular weight is 516 g/mol. The summed E-state index contributed by atoms with van der Waals surface area (Å²) in [5.74, 6) is 0.699.